The number of aldehydes is 1. The average molecular weight is 577 g/mol. The molecule has 0 unspecified atom stereocenters. The molecule has 0 heterocycles. The second-order valence-corrected chi connectivity index (χ2v) is 10.2. The summed E-state index contributed by atoms with van der Waals surface area (Å²) in [5.41, 5.74) is 0.439. The summed E-state index contributed by atoms with van der Waals surface area (Å²) in [5, 5.41) is 11.8. The standard InChI is InChI=1S/C15H28O.C10H12N2O5.C7H12O/c1-2-3-4-5-6-11-15(16)13-12-14-9-7-8-10-14;1-11-6-10(13)17-9-5-3-2-4-8(9)7-16-12(14)15;1-2-3-4-5-6-7-8/h14H,2-13H2,1H3;2-5,11H,6-7H2,1H3;2-3,7H,4-6H2,1H3/b;;3-2-. The summed E-state index contributed by atoms with van der Waals surface area (Å²) in [5.74, 6) is 1.18. The summed E-state index contributed by atoms with van der Waals surface area (Å²) in [4.78, 5) is 46.9. The number of esters is 1. The van der Waals surface area contributed by atoms with Crippen LogP contribution in [0.2, 0.25) is 0 Å². The third-order valence-corrected chi connectivity index (χ3v) is 6.64. The number of carbonyl (C=O) groups excluding carboxylic acids is 3. The van der Waals surface area contributed by atoms with Crippen molar-refractivity contribution in [3.63, 3.8) is 0 Å². The number of likely N-dealkylation sites (N-methyl/N-ethyl adjacent to an activating group) is 1. The highest BCUT2D eigenvalue weighted by molar-refractivity contribution is 5.78. The van der Waals surface area contributed by atoms with Gasteiger partial charge in [0.15, 0.2) is 0 Å². The van der Waals surface area contributed by atoms with Crippen LogP contribution in [0.25, 0.3) is 0 Å². The van der Waals surface area contributed by atoms with Gasteiger partial charge in [0, 0.05) is 24.8 Å². The lowest BCUT2D eigenvalue weighted by Crippen LogP contribution is -2.23. The van der Waals surface area contributed by atoms with E-state index < -0.39 is 11.1 Å². The van der Waals surface area contributed by atoms with Crippen LogP contribution in [-0.2, 0) is 25.8 Å². The molecule has 1 aromatic rings. The minimum Gasteiger partial charge on any atom is -0.425 e. The number of ketones is 1. The molecule has 0 bridgehead atoms. The molecule has 9 heteroatoms. The largest absolute Gasteiger partial charge is 0.425 e. The van der Waals surface area contributed by atoms with Crippen molar-refractivity contribution in [2.45, 2.75) is 117 Å². The van der Waals surface area contributed by atoms with Crippen molar-refractivity contribution in [3.05, 3.63) is 52.1 Å². The van der Waals surface area contributed by atoms with Gasteiger partial charge in [0.05, 0.1) is 6.54 Å². The Balaban J connectivity index is 0.000000624. The van der Waals surface area contributed by atoms with Gasteiger partial charge in [-0.25, -0.2) is 0 Å². The van der Waals surface area contributed by atoms with E-state index in [-0.39, 0.29) is 18.9 Å². The molecule has 1 aliphatic carbocycles. The Morgan fingerprint density at radius 3 is 2.39 bits per heavy atom. The van der Waals surface area contributed by atoms with E-state index in [1.54, 1.807) is 31.3 Å². The van der Waals surface area contributed by atoms with Crippen molar-refractivity contribution >= 4 is 18.0 Å². The first-order valence-electron chi connectivity index (χ1n) is 15.1. The van der Waals surface area contributed by atoms with Crippen LogP contribution in [-0.4, -0.2) is 36.7 Å². The fourth-order valence-corrected chi connectivity index (χ4v) is 4.35. The number of Topliss-reactive ketones (excluding diaryl/α,β-unsaturated/α-hetero) is 1. The topological polar surface area (TPSA) is 125 Å². The fraction of sp³-hybridized carbons (Fsp3) is 0.656. The smallest absolute Gasteiger partial charge is 0.325 e. The Hall–Kier alpha value is -3.07. The van der Waals surface area contributed by atoms with Gasteiger partial charge in [-0.1, -0.05) is 88.6 Å². The number of rotatable bonds is 19. The zero-order chi connectivity index (χ0) is 30.6. The summed E-state index contributed by atoms with van der Waals surface area (Å²) in [6.45, 7) is 4.02. The van der Waals surface area contributed by atoms with Crippen LogP contribution in [0.4, 0.5) is 0 Å². The van der Waals surface area contributed by atoms with Gasteiger partial charge in [0.1, 0.15) is 24.4 Å². The molecule has 0 saturated heterocycles. The summed E-state index contributed by atoms with van der Waals surface area (Å²) >= 11 is 0. The Morgan fingerprint density at radius 1 is 1.05 bits per heavy atom. The van der Waals surface area contributed by atoms with Gasteiger partial charge in [0.25, 0.3) is 5.09 Å². The molecule has 0 aliphatic heterocycles. The zero-order valence-corrected chi connectivity index (χ0v) is 25.4. The number of nitrogens with one attached hydrogen (secondary N) is 1. The van der Waals surface area contributed by atoms with Gasteiger partial charge in [-0.05, 0) is 51.6 Å². The van der Waals surface area contributed by atoms with Crippen LogP contribution in [0.15, 0.2) is 36.4 Å². The quantitative estimate of drug-likeness (QED) is 0.0345. The molecule has 0 spiro atoms. The molecule has 1 N–H and O–H groups in total. The molecule has 0 radical (unpaired) electrons. The van der Waals surface area contributed by atoms with Crippen LogP contribution in [0.3, 0.4) is 0 Å². The van der Waals surface area contributed by atoms with Crippen molar-refractivity contribution in [2.75, 3.05) is 13.6 Å². The molecule has 1 aromatic carbocycles. The summed E-state index contributed by atoms with van der Waals surface area (Å²) in [7, 11) is 1.61. The Labute approximate surface area is 246 Å². The predicted octanol–water partition coefficient (Wildman–Crippen LogP) is 7.34. The minimum absolute atomic E-state index is 0.0599. The fourth-order valence-electron chi connectivity index (χ4n) is 4.35. The highest BCUT2D eigenvalue weighted by atomic mass is 16.9. The van der Waals surface area contributed by atoms with Gasteiger partial charge in [-0.15, -0.1) is 10.1 Å². The van der Waals surface area contributed by atoms with Crippen LogP contribution in [0.5, 0.6) is 5.75 Å². The minimum atomic E-state index is -0.897. The van der Waals surface area contributed by atoms with Crippen LogP contribution in [0.1, 0.15) is 116 Å². The third-order valence-electron chi connectivity index (χ3n) is 6.64. The van der Waals surface area contributed by atoms with E-state index in [1.807, 2.05) is 13.0 Å². The molecule has 0 amide bonds. The van der Waals surface area contributed by atoms with E-state index in [9.17, 15) is 24.5 Å². The molecule has 1 aliphatic rings. The number of para-hydroxylation sites is 1. The van der Waals surface area contributed by atoms with E-state index >= 15 is 0 Å². The van der Waals surface area contributed by atoms with E-state index in [2.05, 4.69) is 23.2 Å². The maximum absolute atomic E-state index is 11.6. The average Bonchev–Trinajstić information content (AvgIpc) is 3.48. The molecular formula is C32H52N2O7. The first kappa shape index (κ1) is 37.9. The second kappa shape index (κ2) is 27.1. The monoisotopic (exact) mass is 576 g/mol. The first-order valence-corrected chi connectivity index (χ1v) is 15.1. The Kier molecular flexibility index (Phi) is 25.1. The predicted molar refractivity (Wildman–Crippen MR) is 162 cm³/mol. The van der Waals surface area contributed by atoms with Gasteiger partial charge in [-0.2, -0.15) is 0 Å². The molecule has 41 heavy (non-hydrogen) atoms. The van der Waals surface area contributed by atoms with Gasteiger partial charge in [-0.3, -0.25) is 9.59 Å². The molecule has 0 atom stereocenters. The Bertz CT molecular complexity index is 867. The van der Waals surface area contributed by atoms with Crippen molar-refractivity contribution in [3.8, 4) is 5.75 Å². The van der Waals surface area contributed by atoms with Crippen molar-refractivity contribution in [1.29, 1.82) is 0 Å². The highest BCUT2D eigenvalue weighted by Crippen LogP contribution is 2.28. The molecule has 9 nitrogen and oxygen atoms in total. The zero-order valence-electron chi connectivity index (χ0n) is 25.4. The lowest BCUT2D eigenvalue weighted by molar-refractivity contribution is -0.763. The summed E-state index contributed by atoms with van der Waals surface area (Å²) in [6, 6.07) is 6.48. The van der Waals surface area contributed by atoms with E-state index in [4.69, 9.17) is 4.74 Å². The highest BCUT2D eigenvalue weighted by Gasteiger charge is 2.15. The lowest BCUT2D eigenvalue weighted by Gasteiger charge is -2.08. The lowest BCUT2D eigenvalue weighted by atomic mass is 9.98. The molecule has 1 fully saturated rings. The van der Waals surface area contributed by atoms with Crippen LogP contribution < -0.4 is 10.1 Å². The normalized spacial score (nSPS) is 12.6. The number of ether oxygens (including phenoxy) is 1. The van der Waals surface area contributed by atoms with Gasteiger partial charge < -0.3 is 19.7 Å². The van der Waals surface area contributed by atoms with Crippen LogP contribution >= 0.6 is 0 Å². The third kappa shape index (κ3) is 23.3. The number of benzene rings is 1. The molecular weight excluding hydrogens is 524 g/mol. The number of unbranched alkanes of at least 4 members (excludes halogenated alkanes) is 6. The Morgan fingerprint density at radius 2 is 1.76 bits per heavy atom. The van der Waals surface area contributed by atoms with Crippen molar-refractivity contribution in [1.82, 2.24) is 5.32 Å². The van der Waals surface area contributed by atoms with Crippen molar-refractivity contribution in [2.24, 2.45) is 5.92 Å². The van der Waals surface area contributed by atoms with E-state index in [1.165, 1.54) is 57.8 Å². The molecule has 232 valence electrons. The van der Waals surface area contributed by atoms with E-state index in [0.717, 1.165) is 44.3 Å². The summed E-state index contributed by atoms with van der Waals surface area (Å²) < 4.78 is 5.01. The maximum atomic E-state index is 11.6. The number of allylic oxidation sites excluding steroid dienone is 2. The number of carbonyl (C=O) groups is 3. The number of hydrogen-bond donors (Lipinski definition) is 1. The van der Waals surface area contributed by atoms with Gasteiger partial charge in [0.2, 0.25) is 0 Å². The molecule has 2 rings (SSSR count). The number of nitrogens with zero attached hydrogens (tertiary/aromatic N) is 1. The molecule has 0 aromatic heterocycles. The number of hydrogen-bond acceptors (Lipinski definition) is 8. The van der Waals surface area contributed by atoms with Crippen molar-refractivity contribution < 1.29 is 29.0 Å². The first-order chi connectivity index (χ1) is 19.9. The summed E-state index contributed by atoms with van der Waals surface area (Å²) in [6.07, 6.45) is 22.5. The van der Waals surface area contributed by atoms with Gasteiger partial charge >= 0.3 is 5.97 Å². The SMILES string of the molecule is C/C=C\CCCC=O.CCCCCCCC(=O)CCC1CCCC1.CNCC(=O)Oc1ccccc1CO[N+](=O)[O-]. The van der Waals surface area contributed by atoms with E-state index in [0.29, 0.717) is 17.8 Å². The molecule has 1 saturated carbocycles. The maximum Gasteiger partial charge on any atom is 0.325 e. The van der Waals surface area contributed by atoms with Crippen LogP contribution in [0, 0.1) is 16.0 Å². The second-order valence-electron chi connectivity index (χ2n) is 10.2.